The van der Waals surface area contributed by atoms with Gasteiger partial charge in [-0.2, -0.15) is 18.5 Å². The van der Waals surface area contributed by atoms with Gasteiger partial charge in [-0.1, -0.05) is 10.7 Å². The molecule has 2 bridgehead atoms. The van der Waals surface area contributed by atoms with Crippen molar-refractivity contribution < 1.29 is 41.1 Å². The molecule has 0 aliphatic carbocycles. The van der Waals surface area contributed by atoms with E-state index in [0.717, 1.165) is 15.0 Å². The topological polar surface area (TPSA) is 141 Å². The van der Waals surface area contributed by atoms with Gasteiger partial charge in [0.2, 0.25) is 12.4 Å². The van der Waals surface area contributed by atoms with Crippen LogP contribution >= 0.6 is 0 Å². The number of hydrogen-bond donors (Lipinski definition) is 1. The van der Waals surface area contributed by atoms with Crippen LogP contribution in [0.1, 0.15) is 33.6 Å². The Morgan fingerprint density at radius 1 is 1.19 bits per heavy atom. The van der Waals surface area contributed by atoms with Crippen LogP contribution < -0.4 is 9.79 Å². The van der Waals surface area contributed by atoms with Gasteiger partial charge >= 0.3 is 28.4 Å². The third kappa shape index (κ3) is 5.08. The molecule has 2 aliphatic rings. The fourth-order valence-corrected chi connectivity index (χ4v) is 3.95. The minimum atomic E-state index is -4.91. The first-order chi connectivity index (χ1) is 14.8. The summed E-state index contributed by atoms with van der Waals surface area (Å²) in [5.41, 5.74) is -0.808. The highest BCUT2D eigenvalue weighted by Crippen LogP contribution is 2.31. The number of pyridine rings is 1. The molecule has 14 heteroatoms. The Hall–Kier alpha value is -2.97. The standard InChI is InChI=1S/C18H25N5O8S/c1-18(2,3)30-17(26)19(4)23(20-10-6-5-7-11-20)15(24)14-9-8-13-12-21(14)16(25)22(13)31-32(27,28)29/h5-7,10-11,13-14H,8-9,12H2,1-4H3/p+1/t13-,14+/m1/s1. The van der Waals surface area contributed by atoms with E-state index >= 15 is 0 Å². The molecule has 176 valence electrons. The Kier molecular flexibility index (Phi) is 6.31. The minimum absolute atomic E-state index is 0.0220. The van der Waals surface area contributed by atoms with Crippen molar-refractivity contribution in [1.29, 1.82) is 0 Å². The molecule has 0 radical (unpaired) electrons. The maximum absolute atomic E-state index is 13.6. The van der Waals surface area contributed by atoms with Crippen molar-refractivity contribution in [2.24, 2.45) is 0 Å². The Bertz CT molecular complexity index is 996. The summed E-state index contributed by atoms with van der Waals surface area (Å²) < 4.78 is 42.3. The number of hydroxylamine groups is 2. The lowest BCUT2D eigenvalue weighted by molar-refractivity contribution is -0.700. The van der Waals surface area contributed by atoms with Crippen LogP contribution in [0.15, 0.2) is 30.6 Å². The Morgan fingerprint density at radius 2 is 1.81 bits per heavy atom. The van der Waals surface area contributed by atoms with E-state index in [0.29, 0.717) is 5.06 Å². The molecule has 3 heterocycles. The number of fused-ring (bicyclic) bond motifs is 2. The van der Waals surface area contributed by atoms with Crippen LogP contribution in [0.4, 0.5) is 9.59 Å². The molecule has 0 spiro atoms. The first kappa shape index (κ1) is 23.7. The van der Waals surface area contributed by atoms with Gasteiger partial charge in [0.25, 0.3) is 0 Å². The molecular weight excluding hydrogens is 446 g/mol. The number of carbonyl (C=O) groups excluding carboxylic acids is 3. The van der Waals surface area contributed by atoms with E-state index in [9.17, 15) is 22.8 Å². The Morgan fingerprint density at radius 3 is 2.38 bits per heavy atom. The fraction of sp³-hybridized carbons (Fsp3) is 0.556. The molecule has 0 saturated carbocycles. The lowest BCUT2D eigenvalue weighted by Gasteiger charge is -2.33. The van der Waals surface area contributed by atoms with E-state index in [1.165, 1.54) is 11.7 Å². The number of piperidine rings is 1. The molecule has 2 fully saturated rings. The van der Waals surface area contributed by atoms with Crippen LogP contribution in [0.3, 0.4) is 0 Å². The summed E-state index contributed by atoms with van der Waals surface area (Å²) in [5, 5.41) is 2.59. The van der Waals surface area contributed by atoms with E-state index < -0.39 is 46.1 Å². The summed E-state index contributed by atoms with van der Waals surface area (Å²) in [5.74, 6) is -0.616. The second-order valence-electron chi connectivity index (χ2n) is 8.40. The smallest absolute Gasteiger partial charge is 0.433 e. The number of nitrogens with zero attached hydrogens (tertiary/aromatic N) is 5. The maximum atomic E-state index is 13.6. The largest absolute Gasteiger partial charge is 0.442 e. The average Bonchev–Trinajstić information content (AvgIpc) is 2.91. The van der Waals surface area contributed by atoms with Crippen LogP contribution in [0.25, 0.3) is 0 Å². The van der Waals surface area contributed by atoms with Gasteiger partial charge in [-0.25, -0.2) is 9.59 Å². The molecule has 1 aromatic rings. The zero-order valence-electron chi connectivity index (χ0n) is 18.1. The van der Waals surface area contributed by atoms with Gasteiger partial charge in [-0.3, -0.25) is 9.35 Å². The maximum Gasteiger partial charge on any atom is 0.433 e. The first-order valence-corrected chi connectivity index (χ1v) is 11.2. The van der Waals surface area contributed by atoms with E-state index in [1.807, 2.05) is 0 Å². The molecule has 1 N–H and O–H groups in total. The summed E-state index contributed by atoms with van der Waals surface area (Å²) in [4.78, 5) is 40.1. The van der Waals surface area contributed by atoms with Crippen LogP contribution in [-0.4, -0.2) is 77.3 Å². The van der Waals surface area contributed by atoms with Crippen LogP contribution in [-0.2, 0) is 24.2 Å². The van der Waals surface area contributed by atoms with Crippen molar-refractivity contribution in [3.63, 3.8) is 0 Å². The number of hydrogen-bond acceptors (Lipinski definition) is 7. The molecule has 2 atom stereocenters. The monoisotopic (exact) mass is 472 g/mol. The highest BCUT2D eigenvalue weighted by atomic mass is 32.3. The van der Waals surface area contributed by atoms with Crippen molar-refractivity contribution in [1.82, 2.24) is 15.0 Å². The quantitative estimate of drug-likeness (QED) is 0.373. The third-order valence-corrected chi connectivity index (χ3v) is 5.19. The predicted octanol–water partition coefficient (Wildman–Crippen LogP) is 0.224. The van der Waals surface area contributed by atoms with Gasteiger partial charge in [0.15, 0.2) is 0 Å². The number of amides is 4. The number of ether oxygens (including phenoxy) is 1. The zero-order valence-corrected chi connectivity index (χ0v) is 18.9. The SMILES string of the molecule is CN(C(=O)OC(C)(C)C)N(C(=O)[C@@H]1CC[C@@H]2CN1C(=O)N2OS(=O)(=O)O)[n+]1ccccc1. The van der Waals surface area contributed by atoms with Gasteiger partial charge in [0.1, 0.15) is 11.6 Å². The molecule has 0 aromatic carbocycles. The second-order valence-corrected chi connectivity index (χ2v) is 9.40. The summed E-state index contributed by atoms with van der Waals surface area (Å²) in [6.07, 6.45) is 2.73. The second kappa shape index (κ2) is 8.52. The number of aromatic nitrogens is 1. The summed E-state index contributed by atoms with van der Waals surface area (Å²) in [7, 11) is -3.55. The molecule has 0 unspecified atom stereocenters. The summed E-state index contributed by atoms with van der Waals surface area (Å²) in [6, 6.07) is 2.51. The zero-order chi connectivity index (χ0) is 23.8. The summed E-state index contributed by atoms with van der Waals surface area (Å²) in [6.45, 7) is 5.09. The average molecular weight is 473 g/mol. The van der Waals surface area contributed by atoms with Gasteiger partial charge in [0, 0.05) is 25.7 Å². The Labute approximate surface area is 185 Å². The molecular formula is C18H26N5O8S+. The van der Waals surface area contributed by atoms with Crippen molar-refractivity contribution in [2.45, 2.75) is 51.3 Å². The van der Waals surface area contributed by atoms with Crippen molar-refractivity contribution in [3.05, 3.63) is 30.6 Å². The van der Waals surface area contributed by atoms with Crippen LogP contribution in [0.5, 0.6) is 0 Å². The van der Waals surface area contributed by atoms with Crippen LogP contribution in [0.2, 0.25) is 0 Å². The third-order valence-electron chi connectivity index (χ3n) is 4.84. The first-order valence-electron chi connectivity index (χ1n) is 9.82. The minimum Gasteiger partial charge on any atom is -0.442 e. The van der Waals surface area contributed by atoms with Gasteiger partial charge < -0.3 is 9.64 Å². The lowest BCUT2D eigenvalue weighted by Crippen LogP contribution is -2.72. The fourth-order valence-electron chi connectivity index (χ4n) is 3.56. The van der Waals surface area contributed by atoms with E-state index in [4.69, 9.17) is 9.29 Å². The van der Waals surface area contributed by atoms with Crippen molar-refractivity contribution in [3.8, 4) is 0 Å². The number of carbonyl (C=O) groups is 3. The molecule has 2 aliphatic heterocycles. The number of rotatable bonds is 4. The Balaban J connectivity index is 1.89. The van der Waals surface area contributed by atoms with Gasteiger partial charge in [-0.15, -0.1) is 4.28 Å². The molecule has 1 aromatic heterocycles. The molecule has 3 rings (SSSR count). The number of urea groups is 1. The van der Waals surface area contributed by atoms with E-state index in [2.05, 4.69) is 4.28 Å². The molecule has 4 amide bonds. The highest BCUT2D eigenvalue weighted by molar-refractivity contribution is 7.80. The predicted molar refractivity (Wildman–Crippen MR) is 107 cm³/mol. The van der Waals surface area contributed by atoms with Gasteiger partial charge in [0.05, 0.1) is 6.04 Å². The lowest BCUT2D eigenvalue weighted by atomic mass is 10.0. The number of hydrazine groups is 1. The van der Waals surface area contributed by atoms with E-state index in [-0.39, 0.29) is 19.4 Å². The molecule has 13 nitrogen and oxygen atoms in total. The van der Waals surface area contributed by atoms with Crippen LogP contribution in [0, 0.1) is 0 Å². The van der Waals surface area contributed by atoms with E-state index in [1.54, 1.807) is 51.4 Å². The molecule has 2 saturated heterocycles. The molecule has 32 heavy (non-hydrogen) atoms. The normalized spacial score (nSPS) is 20.8. The van der Waals surface area contributed by atoms with Crippen molar-refractivity contribution >= 4 is 28.4 Å². The highest BCUT2D eigenvalue weighted by Gasteiger charge is 2.52. The van der Waals surface area contributed by atoms with Crippen molar-refractivity contribution in [2.75, 3.05) is 18.7 Å². The summed E-state index contributed by atoms with van der Waals surface area (Å²) >= 11 is 0. The van der Waals surface area contributed by atoms with Gasteiger partial charge in [-0.05, 0) is 38.7 Å².